The van der Waals surface area contributed by atoms with Gasteiger partial charge in [0.2, 0.25) is 11.9 Å². The zero-order valence-corrected chi connectivity index (χ0v) is 22.4. The number of aromatic nitrogens is 3. The molecule has 0 fully saturated rings. The fourth-order valence-electron chi connectivity index (χ4n) is 4.14. The van der Waals surface area contributed by atoms with Crippen LogP contribution in [0.3, 0.4) is 0 Å². The lowest BCUT2D eigenvalue weighted by atomic mass is 10.1. The van der Waals surface area contributed by atoms with Crippen molar-refractivity contribution < 1.29 is 14.7 Å². The monoisotopic (exact) mass is 514 g/mol. The molecule has 4 rings (SSSR count). The van der Waals surface area contributed by atoms with Crippen molar-refractivity contribution in [2.75, 3.05) is 22.6 Å². The van der Waals surface area contributed by atoms with Crippen molar-refractivity contribution in [3.05, 3.63) is 67.0 Å². The molecule has 0 saturated carbocycles. The second-order valence-electron chi connectivity index (χ2n) is 10.5. The summed E-state index contributed by atoms with van der Waals surface area (Å²) in [6.07, 6.45) is 3.95. The van der Waals surface area contributed by atoms with Gasteiger partial charge in [0.25, 0.3) is 0 Å². The summed E-state index contributed by atoms with van der Waals surface area (Å²) in [5, 5.41) is 16.2. The van der Waals surface area contributed by atoms with E-state index >= 15 is 0 Å². The standard InChI is InChI=1S/C29H34N6O3/c1-19(2)15-26(36)34(5)23-12-13-25-24(16-23)32-27(35(25)18-29(3,4)38)33-28(37)31-22-10-8-20(9-11-22)21-7-6-14-30-17-21/h6-14,16-17,19,38H,15,18H2,1-5H3,(H2,31,32,33,37). The number of benzene rings is 2. The molecule has 0 aliphatic carbocycles. The lowest BCUT2D eigenvalue weighted by Crippen LogP contribution is -2.28. The van der Waals surface area contributed by atoms with E-state index in [1.807, 2.05) is 68.4 Å². The van der Waals surface area contributed by atoms with Gasteiger partial charge in [0.15, 0.2) is 0 Å². The van der Waals surface area contributed by atoms with Crippen LogP contribution in [0.25, 0.3) is 22.2 Å². The Labute approximate surface area is 222 Å². The van der Waals surface area contributed by atoms with Crippen molar-refractivity contribution in [2.24, 2.45) is 5.92 Å². The van der Waals surface area contributed by atoms with Crippen LogP contribution in [-0.4, -0.2) is 44.2 Å². The second kappa shape index (κ2) is 11.0. The summed E-state index contributed by atoms with van der Waals surface area (Å²) in [5.41, 5.74) is 3.59. The molecular formula is C29H34N6O3. The summed E-state index contributed by atoms with van der Waals surface area (Å²) < 4.78 is 1.76. The quantitative estimate of drug-likeness (QED) is 0.287. The average molecular weight is 515 g/mol. The summed E-state index contributed by atoms with van der Waals surface area (Å²) in [7, 11) is 1.74. The molecule has 0 radical (unpaired) electrons. The SMILES string of the molecule is CC(C)CC(=O)N(C)c1ccc2c(c1)nc(NC(=O)Nc1ccc(-c3cccnc3)cc1)n2CC(C)(C)O. The van der Waals surface area contributed by atoms with Crippen LogP contribution in [0.1, 0.15) is 34.1 Å². The number of nitrogens with zero attached hydrogens (tertiary/aromatic N) is 4. The highest BCUT2D eigenvalue weighted by molar-refractivity contribution is 6.00. The average Bonchev–Trinajstić information content (AvgIpc) is 3.18. The molecule has 0 aliphatic heterocycles. The highest BCUT2D eigenvalue weighted by Crippen LogP contribution is 2.27. The first-order chi connectivity index (χ1) is 18.0. The van der Waals surface area contributed by atoms with Crippen LogP contribution >= 0.6 is 0 Å². The Hall–Kier alpha value is -4.24. The molecule has 0 saturated heterocycles. The minimum Gasteiger partial charge on any atom is -0.389 e. The zero-order chi connectivity index (χ0) is 27.4. The molecule has 0 aliphatic rings. The third-order valence-corrected chi connectivity index (χ3v) is 5.98. The molecule has 0 unspecified atom stereocenters. The number of hydrogen-bond acceptors (Lipinski definition) is 5. The van der Waals surface area contributed by atoms with Crippen molar-refractivity contribution in [1.82, 2.24) is 14.5 Å². The van der Waals surface area contributed by atoms with E-state index in [2.05, 4.69) is 20.6 Å². The van der Waals surface area contributed by atoms with Gasteiger partial charge >= 0.3 is 6.03 Å². The van der Waals surface area contributed by atoms with Gasteiger partial charge < -0.3 is 19.9 Å². The molecule has 2 heterocycles. The van der Waals surface area contributed by atoms with E-state index in [0.29, 0.717) is 29.3 Å². The fraction of sp³-hybridized carbons (Fsp3) is 0.310. The summed E-state index contributed by atoms with van der Waals surface area (Å²) >= 11 is 0. The van der Waals surface area contributed by atoms with Gasteiger partial charge in [-0.15, -0.1) is 0 Å². The molecule has 2 aromatic carbocycles. The number of carbonyl (C=O) groups excluding carboxylic acids is 2. The molecule has 3 N–H and O–H groups in total. The number of fused-ring (bicyclic) bond motifs is 1. The number of anilines is 3. The van der Waals surface area contributed by atoms with Crippen molar-refractivity contribution in [3.8, 4) is 11.1 Å². The number of pyridine rings is 1. The van der Waals surface area contributed by atoms with Gasteiger partial charge in [-0.05, 0) is 67.3 Å². The van der Waals surface area contributed by atoms with Gasteiger partial charge in [0, 0.05) is 37.2 Å². The first kappa shape index (κ1) is 26.8. The lowest BCUT2D eigenvalue weighted by Gasteiger charge is -2.21. The van der Waals surface area contributed by atoms with Crippen LogP contribution in [0.5, 0.6) is 0 Å². The summed E-state index contributed by atoms with van der Waals surface area (Å²) in [6.45, 7) is 7.61. The maximum atomic E-state index is 12.9. The van der Waals surface area contributed by atoms with E-state index in [0.717, 1.165) is 16.6 Å². The van der Waals surface area contributed by atoms with Crippen LogP contribution in [0.2, 0.25) is 0 Å². The van der Waals surface area contributed by atoms with Crippen molar-refractivity contribution >= 4 is 40.3 Å². The van der Waals surface area contributed by atoms with E-state index in [4.69, 9.17) is 0 Å². The zero-order valence-electron chi connectivity index (χ0n) is 22.4. The number of rotatable bonds is 8. The van der Waals surface area contributed by atoms with Gasteiger partial charge in [-0.1, -0.05) is 32.0 Å². The minimum atomic E-state index is -1.05. The number of aliphatic hydroxyl groups is 1. The van der Waals surface area contributed by atoms with Crippen LogP contribution in [-0.2, 0) is 11.3 Å². The van der Waals surface area contributed by atoms with Crippen molar-refractivity contribution in [2.45, 2.75) is 46.3 Å². The molecule has 198 valence electrons. The highest BCUT2D eigenvalue weighted by atomic mass is 16.3. The molecule has 9 nitrogen and oxygen atoms in total. The number of imidazole rings is 1. The predicted octanol–water partition coefficient (Wildman–Crippen LogP) is 5.52. The Morgan fingerprint density at radius 3 is 2.42 bits per heavy atom. The maximum Gasteiger partial charge on any atom is 0.326 e. The first-order valence-corrected chi connectivity index (χ1v) is 12.6. The number of urea groups is 1. The fourth-order valence-corrected chi connectivity index (χ4v) is 4.14. The van der Waals surface area contributed by atoms with E-state index in [1.165, 1.54) is 0 Å². The van der Waals surface area contributed by atoms with Gasteiger partial charge in [-0.25, -0.2) is 9.78 Å². The molecule has 9 heteroatoms. The molecular weight excluding hydrogens is 480 g/mol. The molecule has 4 aromatic rings. The van der Waals surface area contributed by atoms with Gasteiger partial charge in [0.05, 0.1) is 23.2 Å². The Morgan fingerprint density at radius 2 is 1.79 bits per heavy atom. The number of carbonyl (C=O) groups is 2. The topological polar surface area (TPSA) is 112 Å². The lowest BCUT2D eigenvalue weighted by molar-refractivity contribution is -0.119. The first-order valence-electron chi connectivity index (χ1n) is 12.6. The summed E-state index contributed by atoms with van der Waals surface area (Å²) in [4.78, 5) is 35.9. The largest absolute Gasteiger partial charge is 0.389 e. The number of nitrogens with one attached hydrogen (secondary N) is 2. The van der Waals surface area contributed by atoms with Gasteiger partial charge in [-0.3, -0.25) is 15.1 Å². The normalized spacial score (nSPS) is 11.6. The van der Waals surface area contributed by atoms with Crippen molar-refractivity contribution in [3.63, 3.8) is 0 Å². The van der Waals surface area contributed by atoms with Crippen molar-refractivity contribution in [1.29, 1.82) is 0 Å². The minimum absolute atomic E-state index is 0.0162. The van der Waals surface area contributed by atoms with E-state index in [9.17, 15) is 14.7 Å². The van der Waals surface area contributed by atoms with Gasteiger partial charge in [0.1, 0.15) is 0 Å². The van der Waals surface area contributed by atoms with Crippen LogP contribution in [0.4, 0.5) is 22.1 Å². The van der Waals surface area contributed by atoms with E-state index < -0.39 is 11.6 Å². The Kier molecular flexibility index (Phi) is 7.78. The molecule has 0 bridgehead atoms. The van der Waals surface area contributed by atoms with Crippen LogP contribution in [0, 0.1) is 5.92 Å². The Balaban J connectivity index is 1.56. The number of hydrogen-bond donors (Lipinski definition) is 3. The molecule has 0 spiro atoms. The summed E-state index contributed by atoms with van der Waals surface area (Å²) in [5.74, 6) is 0.558. The Morgan fingerprint density at radius 1 is 1.05 bits per heavy atom. The third-order valence-electron chi connectivity index (χ3n) is 5.98. The van der Waals surface area contributed by atoms with Gasteiger partial charge in [-0.2, -0.15) is 0 Å². The molecule has 0 atom stereocenters. The van der Waals surface area contributed by atoms with E-state index in [1.54, 1.807) is 42.8 Å². The molecule has 2 aromatic heterocycles. The van der Waals surface area contributed by atoms with E-state index in [-0.39, 0.29) is 18.4 Å². The third kappa shape index (κ3) is 6.54. The van der Waals surface area contributed by atoms with Crippen LogP contribution in [0.15, 0.2) is 67.0 Å². The Bertz CT molecular complexity index is 1420. The number of amides is 3. The maximum absolute atomic E-state index is 12.9. The molecule has 3 amide bonds. The second-order valence-corrected chi connectivity index (χ2v) is 10.5. The predicted molar refractivity (Wildman–Crippen MR) is 151 cm³/mol. The smallest absolute Gasteiger partial charge is 0.326 e. The summed E-state index contributed by atoms with van der Waals surface area (Å²) in [6, 6.07) is 16.3. The highest BCUT2D eigenvalue weighted by Gasteiger charge is 2.22. The molecule has 38 heavy (non-hydrogen) atoms. The van der Waals surface area contributed by atoms with Crippen LogP contribution < -0.4 is 15.5 Å².